The maximum Gasteiger partial charge on any atom is 0.0963 e. The number of aromatic nitrogens is 1. The average Bonchev–Trinajstić information content (AvgIpc) is 2.92. The Morgan fingerprint density at radius 2 is 1.67 bits per heavy atom. The molecule has 0 aliphatic heterocycles. The van der Waals surface area contributed by atoms with Crippen LogP contribution in [0.1, 0.15) is 44.2 Å². The summed E-state index contributed by atoms with van der Waals surface area (Å²) >= 11 is 1.80. The van der Waals surface area contributed by atoms with Crippen LogP contribution in [0.2, 0.25) is 0 Å². The number of aryl methyl sites for hydroxylation is 1. The lowest BCUT2D eigenvalue weighted by molar-refractivity contribution is 0.857. The first-order valence-corrected chi connectivity index (χ1v) is 8.42. The van der Waals surface area contributed by atoms with Gasteiger partial charge in [-0.15, -0.1) is 11.3 Å². The summed E-state index contributed by atoms with van der Waals surface area (Å²) in [7, 11) is 0. The van der Waals surface area contributed by atoms with Gasteiger partial charge >= 0.3 is 0 Å². The first-order chi connectivity index (χ1) is 10.1. The Balaban J connectivity index is 0.000000774. The zero-order valence-corrected chi connectivity index (χ0v) is 14.3. The molecule has 0 aliphatic rings. The maximum atomic E-state index is 4.74. The van der Waals surface area contributed by atoms with E-state index in [1.54, 1.807) is 11.3 Å². The molecule has 0 spiro atoms. The van der Waals surface area contributed by atoms with Gasteiger partial charge in [0.25, 0.3) is 0 Å². The van der Waals surface area contributed by atoms with E-state index in [2.05, 4.69) is 63.2 Å². The number of benzene rings is 2. The summed E-state index contributed by atoms with van der Waals surface area (Å²) in [6.45, 7) is 10.5. The Kier molecular flexibility index (Phi) is 5.13. The highest BCUT2D eigenvalue weighted by molar-refractivity contribution is 7.18. The predicted molar refractivity (Wildman–Crippen MR) is 95.2 cm³/mol. The van der Waals surface area contributed by atoms with E-state index in [4.69, 9.17) is 4.98 Å². The molecule has 1 aromatic heterocycles. The van der Waals surface area contributed by atoms with E-state index in [1.807, 2.05) is 13.8 Å². The quantitative estimate of drug-likeness (QED) is 0.531. The van der Waals surface area contributed by atoms with Gasteiger partial charge in [-0.25, -0.2) is 4.98 Å². The molecule has 0 bridgehead atoms. The van der Waals surface area contributed by atoms with Crippen LogP contribution in [0, 0.1) is 6.92 Å². The first-order valence-electron chi connectivity index (χ1n) is 7.61. The van der Waals surface area contributed by atoms with E-state index in [0.717, 1.165) is 5.52 Å². The number of nitrogens with zero attached hydrogens (tertiary/aromatic N) is 1. The normalized spacial score (nSPS) is 10.6. The fraction of sp³-hybridized carbons (Fsp3) is 0.316. The highest BCUT2D eigenvalue weighted by Gasteiger charge is 2.08. The molecule has 0 N–H and O–H groups in total. The second kappa shape index (κ2) is 6.86. The van der Waals surface area contributed by atoms with Crippen LogP contribution < -0.4 is 0 Å². The zero-order valence-electron chi connectivity index (χ0n) is 13.5. The van der Waals surface area contributed by atoms with Gasteiger partial charge in [0.1, 0.15) is 0 Å². The third-order valence-electron chi connectivity index (χ3n) is 3.25. The summed E-state index contributed by atoms with van der Waals surface area (Å²) in [6.07, 6.45) is 0. The van der Waals surface area contributed by atoms with Crippen LogP contribution >= 0.6 is 11.3 Å². The number of fused-ring (bicyclic) bond motifs is 1. The minimum atomic E-state index is 0.500. The first kappa shape index (κ1) is 15.7. The van der Waals surface area contributed by atoms with Crippen LogP contribution in [0.3, 0.4) is 0 Å². The minimum Gasteiger partial charge on any atom is -0.241 e. The van der Waals surface area contributed by atoms with E-state index in [-0.39, 0.29) is 0 Å². The smallest absolute Gasteiger partial charge is 0.0963 e. The topological polar surface area (TPSA) is 12.9 Å². The van der Waals surface area contributed by atoms with Crippen molar-refractivity contribution in [2.24, 2.45) is 0 Å². The van der Waals surface area contributed by atoms with E-state index >= 15 is 0 Å². The molecule has 0 atom stereocenters. The molecular formula is C19H23NS. The molecule has 0 fully saturated rings. The Morgan fingerprint density at radius 3 is 2.33 bits per heavy atom. The minimum absolute atomic E-state index is 0.500. The van der Waals surface area contributed by atoms with Crippen LogP contribution in [0.15, 0.2) is 42.5 Å². The molecule has 1 heterocycles. The standard InChI is InChI=1S/C17H17NS.C2H6/c1-11(2)17-18-15-10-14(7-8-16(15)19-17)13-6-4-5-12(3)9-13;1-2/h4-11H,1-3H3;1-2H3. The van der Waals surface area contributed by atoms with Gasteiger partial charge in [0.05, 0.1) is 15.2 Å². The highest BCUT2D eigenvalue weighted by atomic mass is 32.1. The average molecular weight is 297 g/mol. The Labute approximate surface area is 131 Å². The fourth-order valence-electron chi connectivity index (χ4n) is 2.20. The second-order valence-electron chi connectivity index (χ2n) is 5.26. The molecule has 0 aliphatic carbocycles. The predicted octanol–water partition coefficient (Wildman–Crippen LogP) is 6.42. The van der Waals surface area contributed by atoms with Crippen molar-refractivity contribution in [2.45, 2.75) is 40.5 Å². The molecule has 0 radical (unpaired) electrons. The van der Waals surface area contributed by atoms with Gasteiger partial charge in [-0.3, -0.25) is 0 Å². The Bertz CT molecular complexity index is 725. The fourth-order valence-corrected chi connectivity index (χ4v) is 3.15. The van der Waals surface area contributed by atoms with Gasteiger partial charge in [-0.2, -0.15) is 0 Å². The molecule has 3 aromatic rings. The molecule has 110 valence electrons. The third-order valence-corrected chi connectivity index (χ3v) is 4.59. The monoisotopic (exact) mass is 297 g/mol. The Morgan fingerprint density at radius 1 is 0.952 bits per heavy atom. The summed E-state index contributed by atoms with van der Waals surface area (Å²) in [5.74, 6) is 0.500. The van der Waals surface area contributed by atoms with Crippen molar-refractivity contribution in [3.8, 4) is 11.1 Å². The lowest BCUT2D eigenvalue weighted by atomic mass is 10.0. The van der Waals surface area contributed by atoms with Gasteiger partial charge in [-0.05, 0) is 30.2 Å². The van der Waals surface area contributed by atoms with Crippen LogP contribution in [0.25, 0.3) is 21.3 Å². The van der Waals surface area contributed by atoms with E-state index in [9.17, 15) is 0 Å². The molecule has 21 heavy (non-hydrogen) atoms. The van der Waals surface area contributed by atoms with Gasteiger partial charge in [0, 0.05) is 5.92 Å². The second-order valence-corrected chi connectivity index (χ2v) is 6.32. The molecule has 2 aromatic carbocycles. The number of hydrogen-bond donors (Lipinski definition) is 0. The van der Waals surface area contributed by atoms with Crippen molar-refractivity contribution in [2.75, 3.05) is 0 Å². The molecule has 1 nitrogen and oxygen atoms in total. The van der Waals surface area contributed by atoms with Crippen LogP contribution in [-0.2, 0) is 0 Å². The van der Waals surface area contributed by atoms with E-state index in [1.165, 1.54) is 26.4 Å². The van der Waals surface area contributed by atoms with Gasteiger partial charge in [0.15, 0.2) is 0 Å². The van der Waals surface area contributed by atoms with Crippen LogP contribution in [0.4, 0.5) is 0 Å². The van der Waals surface area contributed by atoms with Crippen molar-refractivity contribution in [1.82, 2.24) is 4.98 Å². The molecule has 2 heteroatoms. The number of hydrogen-bond acceptors (Lipinski definition) is 2. The van der Waals surface area contributed by atoms with Crippen molar-refractivity contribution in [3.63, 3.8) is 0 Å². The number of rotatable bonds is 2. The van der Waals surface area contributed by atoms with Crippen molar-refractivity contribution >= 4 is 21.6 Å². The summed E-state index contributed by atoms with van der Waals surface area (Å²) in [4.78, 5) is 4.74. The van der Waals surface area contributed by atoms with Crippen molar-refractivity contribution < 1.29 is 0 Å². The maximum absolute atomic E-state index is 4.74. The molecular weight excluding hydrogens is 274 g/mol. The van der Waals surface area contributed by atoms with E-state index in [0.29, 0.717) is 5.92 Å². The number of thiazole rings is 1. The SMILES string of the molecule is CC.Cc1cccc(-c2ccc3sc(C(C)C)nc3c2)c1. The lowest BCUT2D eigenvalue weighted by Crippen LogP contribution is -1.83. The zero-order chi connectivity index (χ0) is 15.4. The molecule has 0 saturated heterocycles. The van der Waals surface area contributed by atoms with E-state index < -0.39 is 0 Å². The lowest BCUT2D eigenvalue weighted by Gasteiger charge is -2.02. The molecule has 0 unspecified atom stereocenters. The van der Waals surface area contributed by atoms with Crippen LogP contribution in [0.5, 0.6) is 0 Å². The van der Waals surface area contributed by atoms with Gasteiger partial charge in [0.2, 0.25) is 0 Å². The molecule has 0 amide bonds. The summed E-state index contributed by atoms with van der Waals surface area (Å²) in [5, 5.41) is 1.22. The van der Waals surface area contributed by atoms with Crippen molar-refractivity contribution in [3.05, 3.63) is 53.0 Å². The molecule has 3 rings (SSSR count). The van der Waals surface area contributed by atoms with Gasteiger partial charge in [-0.1, -0.05) is 63.6 Å². The third kappa shape index (κ3) is 3.51. The van der Waals surface area contributed by atoms with Crippen molar-refractivity contribution in [1.29, 1.82) is 0 Å². The summed E-state index contributed by atoms with van der Waals surface area (Å²) in [5.41, 5.74) is 4.92. The molecule has 0 saturated carbocycles. The summed E-state index contributed by atoms with van der Waals surface area (Å²) < 4.78 is 1.28. The highest BCUT2D eigenvalue weighted by Crippen LogP contribution is 2.30. The van der Waals surface area contributed by atoms with Crippen LogP contribution in [-0.4, -0.2) is 4.98 Å². The summed E-state index contributed by atoms with van der Waals surface area (Å²) in [6, 6.07) is 15.2. The largest absolute Gasteiger partial charge is 0.241 e. The van der Waals surface area contributed by atoms with Gasteiger partial charge < -0.3 is 0 Å². The Hall–Kier alpha value is -1.67.